The molecule has 0 aliphatic carbocycles. The fourth-order valence-corrected chi connectivity index (χ4v) is 3.96. The van der Waals surface area contributed by atoms with Gasteiger partial charge in [0.1, 0.15) is 11.1 Å². The maximum atomic E-state index is 13.3. The minimum absolute atomic E-state index is 0.0778. The Kier molecular flexibility index (Phi) is 5.09. The minimum atomic E-state index is -2.68. The average molecular weight is 358 g/mol. The first-order valence-electron chi connectivity index (χ1n) is 7.83. The largest absolute Gasteiger partial charge is 0.382 e. The van der Waals surface area contributed by atoms with Gasteiger partial charge in [0, 0.05) is 19.7 Å². The van der Waals surface area contributed by atoms with E-state index in [4.69, 9.17) is 4.74 Å². The standard InChI is InChI=1S/C15H20F2N4O2S/c1-3-4-9-5-12(22)20(6-9)7-10-13(14(16)17)18-15-21(10)19-11(24-15)8-23-2/h5,11,14,19H,3-4,6-8H2,1-2H3. The number of alkyl halides is 2. The van der Waals surface area contributed by atoms with E-state index in [-0.39, 0.29) is 23.5 Å². The normalized spacial score (nSPS) is 19.9. The lowest BCUT2D eigenvalue weighted by Crippen LogP contribution is -2.30. The lowest BCUT2D eigenvalue weighted by molar-refractivity contribution is -0.125. The summed E-state index contributed by atoms with van der Waals surface area (Å²) in [5.41, 5.74) is 4.22. The van der Waals surface area contributed by atoms with Gasteiger partial charge < -0.3 is 15.1 Å². The Morgan fingerprint density at radius 3 is 3.00 bits per heavy atom. The molecule has 0 radical (unpaired) electrons. The van der Waals surface area contributed by atoms with Crippen LogP contribution in [0.2, 0.25) is 0 Å². The molecule has 9 heteroatoms. The van der Waals surface area contributed by atoms with Crippen molar-refractivity contribution in [2.75, 3.05) is 25.7 Å². The molecule has 3 rings (SSSR count). The molecule has 2 aliphatic rings. The Morgan fingerprint density at radius 1 is 1.54 bits per heavy atom. The molecule has 1 aromatic heterocycles. The van der Waals surface area contributed by atoms with Gasteiger partial charge in [-0.15, -0.1) is 0 Å². The van der Waals surface area contributed by atoms with Crippen molar-refractivity contribution in [1.82, 2.24) is 14.6 Å². The molecule has 1 atom stereocenters. The summed E-state index contributed by atoms with van der Waals surface area (Å²) in [5, 5.41) is 0.404. The van der Waals surface area contributed by atoms with Crippen LogP contribution >= 0.6 is 11.8 Å². The molecule has 0 spiro atoms. The number of ether oxygens (including phenoxy) is 1. The smallest absolute Gasteiger partial charge is 0.282 e. The predicted molar refractivity (Wildman–Crippen MR) is 86.5 cm³/mol. The summed E-state index contributed by atoms with van der Waals surface area (Å²) in [4.78, 5) is 17.7. The van der Waals surface area contributed by atoms with Crippen molar-refractivity contribution in [1.29, 1.82) is 0 Å². The zero-order chi connectivity index (χ0) is 17.3. The summed E-state index contributed by atoms with van der Waals surface area (Å²) in [5.74, 6) is -0.131. The van der Waals surface area contributed by atoms with E-state index < -0.39 is 6.43 Å². The molecule has 1 unspecified atom stereocenters. The van der Waals surface area contributed by atoms with E-state index in [0.29, 0.717) is 24.0 Å². The van der Waals surface area contributed by atoms with E-state index in [0.717, 1.165) is 18.4 Å². The molecule has 132 valence electrons. The molecule has 0 aromatic carbocycles. The van der Waals surface area contributed by atoms with Crippen molar-refractivity contribution < 1.29 is 18.3 Å². The molecular formula is C15H20F2N4O2S. The van der Waals surface area contributed by atoms with E-state index in [1.54, 1.807) is 22.8 Å². The molecular weight excluding hydrogens is 338 g/mol. The number of nitrogens with zero attached hydrogens (tertiary/aromatic N) is 3. The highest BCUT2D eigenvalue weighted by molar-refractivity contribution is 8.00. The second-order valence-electron chi connectivity index (χ2n) is 5.80. The predicted octanol–water partition coefficient (Wildman–Crippen LogP) is 2.51. The van der Waals surface area contributed by atoms with Crippen molar-refractivity contribution in [3.8, 4) is 0 Å². The molecule has 1 amide bonds. The Hall–Kier alpha value is -1.61. The average Bonchev–Trinajstić information content (AvgIpc) is 3.15. The number of fused-ring (bicyclic) bond motifs is 1. The summed E-state index contributed by atoms with van der Waals surface area (Å²) >= 11 is 1.35. The number of aromatic nitrogens is 2. The number of nitrogens with one attached hydrogen (secondary N) is 1. The van der Waals surface area contributed by atoms with Gasteiger partial charge in [0.25, 0.3) is 6.43 Å². The molecule has 0 fully saturated rings. The number of halogens is 2. The SMILES string of the molecule is CCCC1=CC(=O)N(Cc2c(C(F)F)nc3n2NC(COC)S3)C1. The summed E-state index contributed by atoms with van der Waals surface area (Å²) < 4.78 is 33.3. The Morgan fingerprint density at radius 2 is 2.33 bits per heavy atom. The van der Waals surface area contributed by atoms with Gasteiger partial charge in [-0.2, -0.15) is 0 Å². The van der Waals surface area contributed by atoms with E-state index >= 15 is 0 Å². The Labute approximate surface area is 143 Å². The quantitative estimate of drug-likeness (QED) is 0.812. The molecule has 2 aliphatic heterocycles. The maximum absolute atomic E-state index is 13.3. The number of carbonyl (C=O) groups excluding carboxylic acids is 1. The topological polar surface area (TPSA) is 59.4 Å². The molecule has 24 heavy (non-hydrogen) atoms. The van der Waals surface area contributed by atoms with E-state index in [1.165, 1.54) is 11.8 Å². The van der Waals surface area contributed by atoms with Crippen LogP contribution in [0.1, 0.15) is 37.6 Å². The highest BCUT2D eigenvalue weighted by Gasteiger charge is 2.33. The van der Waals surface area contributed by atoms with E-state index in [9.17, 15) is 13.6 Å². The number of methoxy groups -OCH3 is 1. The van der Waals surface area contributed by atoms with Crippen LogP contribution < -0.4 is 5.43 Å². The summed E-state index contributed by atoms with van der Waals surface area (Å²) in [6.45, 7) is 3.08. The van der Waals surface area contributed by atoms with E-state index in [2.05, 4.69) is 10.4 Å². The van der Waals surface area contributed by atoms with E-state index in [1.807, 2.05) is 6.92 Å². The highest BCUT2D eigenvalue weighted by Crippen LogP contribution is 2.35. The maximum Gasteiger partial charge on any atom is 0.282 e. The first-order chi connectivity index (χ1) is 11.5. The number of thioether (sulfide) groups is 1. The Balaban J connectivity index is 1.80. The molecule has 1 N–H and O–H groups in total. The molecule has 3 heterocycles. The third-order valence-corrected chi connectivity index (χ3v) is 4.97. The fourth-order valence-electron chi connectivity index (χ4n) is 2.93. The van der Waals surface area contributed by atoms with Gasteiger partial charge in [-0.1, -0.05) is 25.1 Å². The minimum Gasteiger partial charge on any atom is -0.382 e. The summed E-state index contributed by atoms with van der Waals surface area (Å²) in [6, 6.07) is 0. The first-order valence-corrected chi connectivity index (χ1v) is 8.71. The molecule has 0 saturated carbocycles. The van der Waals surface area contributed by atoms with Gasteiger partial charge in [-0.05, 0) is 12.0 Å². The lowest BCUT2D eigenvalue weighted by atomic mass is 10.1. The lowest BCUT2D eigenvalue weighted by Gasteiger charge is -2.19. The number of hydrogen-bond acceptors (Lipinski definition) is 5. The Bertz CT molecular complexity index is 662. The van der Waals surface area contributed by atoms with Crippen LogP contribution in [0.15, 0.2) is 16.8 Å². The number of carbonyl (C=O) groups is 1. The van der Waals surface area contributed by atoms with Crippen LogP contribution in [0, 0.1) is 0 Å². The number of hydrogen-bond donors (Lipinski definition) is 1. The monoisotopic (exact) mass is 358 g/mol. The van der Waals surface area contributed by atoms with Crippen molar-refractivity contribution in [3.05, 3.63) is 23.0 Å². The summed E-state index contributed by atoms with van der Waals surface area (Å²) in [6.07, 6.45) is 0.734. The second-order valence-corrected chi connectivity index (χ2v) is 6.97. The third kappa shape index (κ3) is 3.27. The third-order valence-electron chi connectivity index (χ3n) is 3.96. The molecule has 6 nitrogen and oxygen atoms in total. The van der Waals surface area contributed by atoms with Gasteiger partial charge in [0.05, 0.1) is 18.8 Å². The van der Waals surface area contributed by atoms with Crippen LogP contribution in [-0.2, 0) is 16.1 Å². The number of amides is 1. The van der Waals surface area contributed by atoms with Gasteiger partial charge in [0.2, 0.25) is 5.91 Å². The van der Waals surface area contributed by atoms with Gasteiger partial charge in [-0.3, -0.25) is 4.79 Å². The van der Waals surface area contributed by atoms with Gasteiger partial charge >= 0.3 is 0 Å². The van der Waals surface area contributed by atoms with Gasteiger partial charge in [0.15, 0.2) is 5.16 Å². The van der Waals surface area contributed by atoms with Crippen molar-refractivity contribution in [3.63, 3.8) is 0 Å². The molecule has 0 bridgehead atoms. The molecule has 0 saturated heterocycles. The number of imidazole rings is 1. The van der Waals surface area contributed by atoms with Crippen LogP contribution in [0.3, 0.4) is 0 Å². The van der Waals surface area contributed by atoms with Crippen LogP contribution in [-0.4, -0.2) is 46.1 Å². The van der Waals surface area contributed by atoms with Crippen molar-refractivity contribution in [2.45, 2.75) is 43.3 Å². The van der Waals surface area contributed by atoms with Crippen molar-refractivity contribution >= 4 is 17.7 Å². The zero-order valence-electron chi connectivity index (χ0n) is 13.6. The second kappa shape index (κ2) is 7.10. The highest BCUT2D eigenvalue weighted by atomic mass is 32.2. The first kappa shape index (κ1) is 17.2. The molecule has 1 aromatic rings. The number of rotatable bonds is 7. The van der Waals surface area contributed by atoms with Gasteiger partial charge in [-0.25, -0.2) is 18.4 Å². The fraction of sp³-hybridized carbons (Fsp3) is 0.600. The van der Waals surface area contributed by atoms with Crippen LogP contribution in [0.4, 0.5) is 8.78 Å². The summed E-state index contributed by atoms with van der Waals surface area (Å²) in [7, 11) is 1.58. The van der Waals surface area contributed by atoms with Crippen LogP contribution in [0.25, 0.3) is 0 Å². The zero-order valence-corrected chi connectivity index (χ0v) is 14.4. The van der Waals surface area contributed by atoms with Crippen LogP contribution in [0.5, 0.6) is 0 Å². The van der Waals surface area contributed by atoms with Crippen molar-refractivity contribution in [2.24, 2.45) is 0 Å².